The predicted octanol–water partition coefficient (Wildman–Crippen LogP) is 1.38. The van der Waals surface area contributed by atoms with Gasteiger partial charge in [0.1, 0.15) is 0 Å². The second kappa shape index (κ2) is 6.43. The smallest absolute Gasteiger partial charge is 0.0329 e. The maximum Gasteiger partial charge on any atom is 0.0329 e. The summed E-state index contributed by atoms with van der Waals surface area (Å²) >= 11 is 0. The maximum absolute atomic E-state index is 2.51. The molecule has 0 fully saturated rings. The van der Waals surface area contributed by atoms with Crippen LogP contribution >= 0.6 is 0 Å². The van der Waals surface area contributed by atoms with Gasteiger partial charge in [-0.3, -0.25) is 4.90 Å². The monoisotopic (exact) mass is 185 g/mol. The molecule has 0 heterocycles. The van der Waals surface area contributed by atoms with E-state index in [4.69, 9.17) is 0 Å². The lowest BCUT2D eigenvalue weighted by atomic mass is 10.2. The molecule has 0 aromatic rings. The fourth-order valence-electron chi connectivity index (χ4n) is 1.16. The lowest BCUT2D eigenvalue weighted by Crippen LogP contribution is -2.26. The Hall–Kier alpha value is -0.0831. The van der Waals surface area contributed by atoms with E-state index >= 15 is 0 Å². The molecule has 0 aromatic heterocycles. The van der Waals surface area contributed by atoms with Crippen LogP contribution < -0.4 is 0 Å². The van der Waals surface area contributed by atoms with Crippen molar-refractivity contribution in [2.75, 3.05) is 19.6 Å². The molecule has 12 heavy (non-hydrogen) atoms. The van der Waals surface area contributed by atoms with E-state index in [-0.39, 0.29) is 0 Å². The molecule has 0 bridgehead atoms. The van der Waals surface area contributed by atoms with E-state index in [1.807, 2.05) is 0 Å². The molecule has 0 aromatic carbocycles. The molecule has 0 N–H and O–H groups in total. The summed E-state index contributed by atoms with van der Waals surface area (Å²) in [6.07, 6.45) is 1.27. The Bertz CT molecular complexity index is 148. The fraction of sp³-hybridized carbons (Fsp3) is 0.800. The van der Waals surface area contributed by atoms with Gasteiger partial charge in [0.05, 0.1) is 0 Å². The van der Waals surface area contributed by atoms with Gasteiger partial charge in [-0.15, -0.1) is 0 Å². The first-order valence-electron chi connectivity index (χ1n) is 4.97. The van der Waals surface area contributed by atoms with E-state index < -0.39 is 0 Å². The number of likely N-dealkylation sites (N-methyl/N-ethyl adjacent to an activating group) is 1. The molecule has 0 aliphatic carbocycles. The van der Waals surface area contributed by atoms with E-state index in [1.165, 1.54) is 36.3 Å². The van der Waals surface area contributed by atoms with Crippen LogP contribution in [0.1, 0.15) is 34.1 Å². The molecule has 0 aliphatic heterocycles. The lowest BCUT2D eigenvalue weighted by molar-refractivity contribution is 0.312. The Morgan fingerprint density at radius 2 is 1.83 bits per heavy atom. The third-order valence-corrected chi connectivity index (χ3v) is 3.15. The van der Waals surface area contributed by atoms with Gasteiger partial charge in [0.25, 0.3) is 0 Å². The summed E-state index contributed by atoms with van der Waals surface area (Å²) in [6.45, 7) is 12.6. The van der Waals surface area contributed by atoms with Gasteiger partial charge >= 0.3 is 0 Å². The molecule has 0 amide bonds. The highest BCUT2D eigenvalue weighted by Gasteiger charge is 2.01. The summed E-state index contributed by atoms with van der Waals surface area (Å²) in [6, 6.07) is 0. The molecule has 0 atom stereocenters. The molecule has 1 nitrogen and oxygen atoms in total. The zero-order valence-corrected chi connectivity index (χ0v) is 11.3. The number of hydrogen-bond acceptors (Lipinski definition) is 1. The second-order valence-electron chi connectivity index (χ2n) is 3.65. The maximum atomic E-state index is 2.51. The molecule has 0 aliphatic rings. The Kier molecular flexibility index (Phi) is 6.39. The van der Waals surface area contributed by atoms with Crippen LogP contribution in [0.25, 0.3) is 0 Å². The molecule has 0 saturated carbocycles. The van der Waals surface area contributed by atoms with Crippen molar-refractivity contribution in [1.29, 1.82) is 0 Å². The molecule has 0 saturated heterocycles. The van der Waals surface area contributed by atoms with Crippen molar-refractivity contribution in [3.05, 3.63) is 10.8 Å². The molecule has 0 radical (unpaired) electrons. The van der Waals surface area contributed by atoms with Crippen LogP contribution in [0.3, 0.4) is 0 Å². The third-order valence-electron chi connectivity index (χ3n) is 2.30. The first-order valence-corrected chi connectivity index (χ1v) is 5.97. The van der Waals surface area contributed by atoms with Crippen molar-refractivity contribution in [3.8, 4) is 0 Å². The summed E-state index contributed by atoms with van der Waals surface area (Å²) in [7, 11) is 1.22. The van der Waals surface area contributed by atoms with Gasteiger partial charge in [-0.2, -0.15) is 0 Å². The molecule has 0 unspecified atom stereocenters. The van der Waals surface area contributed by atoms with Gasteiger partial charge in [-0.05, 0) is 33.4 Å². The molecule has 0 rings (SSSR count). The minimum absolute atomic E-state index is 1.18. The topological polar surface area (TPSA) is 3.24 Å². The van der Waals surface area contributed by atoms with Gasteiger partial charge in [0.15, 0.2) is 0 Å². The van der Waals surface area contributed by atoms with Crippen LogP contribution in [0.4, 0.5) is 0 Å². The standard InChI is InChI=1S/C10H23NSi/c1-5-7-11(6-2)8-9(3)10(4)12/h5-8H2,1-4,12H3. The van der Waals surface area contributed by atoms with E-state index in [0.29, 0.717) is 0 Å². The van der Waals surface area contributed by atoms with Gasteiger partial charge < -0.3 is 0 Å². The van der Waals surface area contributed by atoms with Crippen LogP contribution in [-0.2, 0) is 0 Å². The SMILES string of the molecule is CCCN(CC)CC(C)=C(C)[SiH3]. The number of nitrogens with zero attached hydrogens (tertiary/aromatic N) is 1. The normalized spacial score (nSPS) is 13.8. The minimum Gasteiger partial charge on any atom is -0.300 e. The van der Waals surface area contributed by atoms with E-state index in [0.717, 1.165) is 0 Å². The first-order chi connectivity index (χ1) is 5.61. The summed E-state index contributed by atoms with van der Waals surface area (Å²) < 4.78 is 0. The summed E-state index contributed by atoms with van der Waals surface area (Å²) in [4.78, 5) is 2.51. The van der Waals surface area contributed by atoms with Gasteiger partial charge in [0, 0.05) is 16.8 Å². The van der Waals surface area contributed by atoms with Gasteiger partial charge in [-0.1, -0.05) is 24.6 Å². The van der Waals surface area contributed by atoms with Crippen LogP contribution in [0.2, 0.25) is 0 Å². The van der Waals surface area contributed by atoms with Gasteiger partial charge in [-0.25, -0.2) is 0 Å². The predicted molar refractivity (Wildman–Crippen MR) is 60.7 cm³/mol. The zero-order chi connectivity index (χ0) is 9.56. The van der Waals surface area contributed by atoms with Crippen molar-refractivity contribution in [2.24, 2.45) is 0 Å². The van der Waals surface area contributed by atoms with Crippen molar-refractivity contribution >= 4 is 10.2 Å². The Morgan fingerprint density at radius 1 is 1.25 bits per heavy atom. The third kappa shape index (κ3) is 4.73. The Morgan fingerprint density at radius 3 is 2.17 bits per heavy atom. The first kappa shape index (κ1) is 11.9. The summed E-state index contributed by atoms with van der Waals surface area (Å²) in [5.74, 6) is 0. The second-order valence-corrected chi connectivity index (χ2v) is 5.15. The van der Waals surface area contributed by atoms with E-state index in [9.17, 15) is 0 Å². The highest BCUT2D eigenvalue weighted by atomic mass is 28.1. The quantitative estimate of drug-likeness (QED) is 0.585. The van der Waals surface area contributed by atoms with Crippen LogP contribution in [0, 0.1) is 0 Å². The minimum atomic E-state index is 1.18. The molecular weight excluding hydrogens is 162 g/mol. The summed E-state index contributed by atoms with van der Waals surface area (Å²) in [5, 5.41) is 1.60. The average molecular weight is 185 g/mol. The van der Waals surface area contributed by atoms with Gasteiger partial charge in [0.2, 0.25) is 0 Å². The van der Waals surface area contributed by atoms with E-state index in [2.05, 4.69) is 32.6 Å². The highest BCUT2D eigenvalue weighted by molar-refractivity contribution is 6.21. The van der Waals surface area contributed by atoms with Crippen molar-refractivity contribution < 1.29 is 0 Å². The molecule has 72 valence electrons. The molecular formula is C10H23NSi. The number of hydrogen-bond donors (Lipinski definition) is 0. The lowest BCUT2D eigenvalue weighted by Gasteiger charge is -2.20. The summed E-state index contributed by atoms with van der Waals surface area (Å²) in [5.41, 5.74) is 1.58. The highest BCUT2D eigenvalue weighted by Crippen LogP contribution is 2.02. The van der Waals surface area contributed by atoms with Crippen LogP contribution in [0.5, 0.6) is 0 Å². The molecule has 2 heteroatoms. The van der Waals surface area contributed by atoms with Crippen molar-refractivity contribution in [2.45, 2.75) is 34.1 Å². The Labute approximate surface area is 80.3 Å². The average Bonchev–Trinajstić information content (AvgIpc) is 2.03. The van der Waals surface area contributed by atoms with Crippen LogP contribution in [0.15, 0.2) is 10.8 Å². The molecule has 0 spiro atoms. The van der Waals surface area contributed by atoms with E-state index in [1.54, 1.807) is 10.8 Å². The number of allylic oxidation sites excluding steroid dienone is 1. The Balaban J connectivity index is 3.94. The van der Waals surface area contributed by atoms with Crippen molar-refractivity contribution in [1.82, 2.24) is 4.90 Å². The van der Waals surface area contributed by atoms with Crippen molar-refractivity contribution in [3.63, 3.8) is 0 Å². The fourth-order valence-corrected chi connectivity index (χ4v) is 1.32. The number of rotatable bonds is 5. The zero-order valence-electron chi connectivity index (χ0n) is 9.28. The largest absolute Gasteiger partial charge is 0.300 e. The van der Waals surface area contributed by atoms with Crippen LogP contribution in [-0.4, -0.2) is 34.8 Å².